The first-order chi connectivity index (χ1) is 8.08. The molecule has 5 heteroatoms. The van der Waals surface area contributed by atoms with E-state index < -0.39 is 0 Å². The van der Waals surface area contributed by atoms with Crippen molar-refractivity contribution in [2.75, 3.05) is 0 Å². The average molecular weight is 342 g/mol. The lowest BCUT2D eigenvalue weighted by Gasteiger charge is -2.01. The van der Waals surface area contributed by atoms with Gasteiger partial charge in [-0.25, -0.2) is 4.79 Å². The summed E-state index contributed by atoms with van der Waals surface area (Å²) in [7, 11) is 1.66. The van der Waals surface area contributed by atoms with E-state index in [0.29, 0.717) is 5.56 Å². The number of aryl methyl sites for hydroxylation is 1. The van der Waals surface area contributed by atoms with Gasteiger partial charge in [0.25, 0.3) is 0 Å². The normalized spacial score (nSPS) is 10.5. The second-order valence-corrected chi connectivity index (χ2v) is 5.00. The number of hydrogen-bond donors (Lipinski definition) is 0. The summed E-state index contributed by atoms with van der Waals surface area (Å²) in [5.41, 5.74) is 0.449. The van der Waals surface area contributed by atoms with E-state index in [0.717, 1.165) is 3.57 Å². The second-order valence-electron chi connectivity index (χ2n) is 3.75. The van der Waals surface area contributed by atoms with Gasteiger partial charge in [-0.2, -0.15) is 0 Å². The number of Topliss-reactive ketones (excluding diaryl/α,β-unsaturated/α-hetero) is 1. The van der Waals surface area contributed by atoms with Crippen LogP contribution in [0.1, 0.15) is 10.4 Å². The average Bonchev–Trinajstić information content (AvgIpc) is 2.62. The van der Waals surface area contributed by atoms with Crippen molar-refractivity contribution in [1.82, 2.24) is 9.13 Å². The van der Waals surface area contributed by atoms with Crippen LogP contribution in [0, 0.1) is 3.57 Å². The summed E-state index contributed by atoms with van der Waals surface area (Å²) in [6, 6.07) is 7.30. The Bertz CT molecular complexity index is 596. The molecule has 0 fully saturated rings. The fourth-order valence-corrected chi connectivity index (χ4v) is 1.87. The van der Waals surface area contributed by atoms with Crippen molar-refractivity contribution in [2.45, 2.75) is 6.54 Å². The molecule has 88 valence electrons. The minimum atomic E-state index is -0.177. The quantitative estimate of drug-likeness (QED) is 0.629. The molecular weight excluding hydrogens is 331 g/mol. The van der Waals surface area contributed by atoms with Gasteiger partial charge in [0.2, 0.25) is 0 Å². The number of aromatic nitrogens is 2. The number of benzene rings is 1. The monoisotopic (exact) mass is 342 g/mol. The highest BCUT2D eigenvalue weighted by Gasteiger charge is 2.08. The summed E-state index contributed by atoms with van der Waals surface area (Å²) >= 11 is 2.18. The van der Waals surface area contributed by atoms with Crippen LogP contribution in [-0.4, -0.2) is 14.9 Å². The molecule has 2 aromatic rings. The molecule has 1 aromatic carbocycles. The van der Waals surface area contributed by atoms with Crippen LogP contribution in [0.15, 0.2) is 41.5 Å². The topological polar surface area (TPSA) is 44.0 Å². The molecule has 0 bridgehead atoms. The molecule has 0 aliphatic carbocycles. The van der Waals surface area contributed by atoms with Gasteiger partial charge in [-0.15, -0.1) is 0 Å². The third kappa shape index (κ3) is 2.66. The Morgan fingerprint density at radius 2 is 1.88 bits per heavy atom. The molecule has 4 nitrogen and oxygen atoms in total. The van der Waals surface area contributed by atoms with Crippen molar-refractivity contribution in [2.24, 2.45) is 7.05 Å². The molecular formula is C12H11IN2O2. The van der Waals surface area contributed by atoms with E-state index in [2.05, 4.69) is 22.6 Å². The first kappa shape index (κ1) is 12.1. The lowest BCUT2D eigenvalue weighted by Crippen LogP contribution is -2.25. The third-order valence-corrected chi connectivity index (χ3v) is 3.22. The van der Waals surface area contributed by atoms with Gasteiger partial charge in [-0.1, -0.05) is 12.1 Å². The van der Waals surface area contributed by atoms with Crippen LogP contribution in [-0.2, 0) is 13.6 Å². The Labute approximate surface area is 112 Å². The molecule has 1 aromatic heterocycles. The molecule has 0 unspecified atom stereocenters. The van der Waals surface area contributed by atoms with Gasteiger partial charge in [0.15, 0.2) is 5.78 Å². The summed E-state index contributed by atoms with van der Waals surface area (Å²) in [5.74, 6) is -0.0605. The molecule has 0 aliphatic rings. The van der Waals surface area contributed by atoms with E-state index in [1.165, 1.54) is 9.13 Å². The predicted octanol–water partition coefficient (Wildman–Crippen LogP) is 1.67. The minimum absolute atomic E-state index is 0.0605. The van der Waals surface area contributed by atoms with Crippen molar-refractivity contribution in [3.63, 3.8) is 0 Å². The zero-order chi connectivity index (χ0) is 12.4. The Kier molecular flexibility index (Phi) is 3.46. The van der Waals surface area contributed by atoms with Gasteiger partial charge < -0.3 is 4.57 Å². The molecule has 0 saturated carbocycles. The lowest BCUT2D eigenvalue weighted by atomic mass is 10.1. The van der Waals surface area contributed by atoms with E-state index >= 15 is 0 Å². The molecule has 0 aliphatic heterocycles. The lowest BCUT2D eigenvalue weighted by molar-refractivity contribution is 0.0970. The van der Waals surface area contributed by atoms with Crippen LogP contribution >= 0.6 is 22.6 Å². The standard InChI is InChI=1S/C12H11IN2O2/c1-14-6-7-15(12(14)17)8-11(16)9-2-4-10(13)5-3-9/h2-7H,8H2,1H3. The molecule has 0 atom stereocenters. The maximum atomic E-state index is 11.9. The van der Waals surface area contributed by atoms with Crippen molar-refractivity contribution < 1.29 is 4.79 Å². The largest absolute Gasteiger partial charge is 0.328 e. The number of halogens is 1. The van der Waals surface area contributed by atoms with Gasteiger partial charge in [-0.3, -0.25) is 9.36 Å². The molecule has 2 rings (SSSR count). The maximum Gasteiger partial charge on any atom is 0.328 e. The van der Waals surface area contributed by atoms with Gasteiger partial charge in [0.05, 0.1) is 6.54 Å². The van der Waals surface area contributed by atoms with E-state index in [-0.39, 0.29) is 18.0 Å². The zero-order valence-electron chi connectivity index (χ0n) is 9.26. The highest BCUT2D eigenvalue weighted by atomic mass is 127. The molecule has 1 heterocycles. The Morgan fingerprint density at radius 1 is 1.24 bits per heavy atom. The fourth-order valence-electron chi connectivity index (χ4n) is 1.51. The highest BCUT2D eigenvalue weighted by molar-refractivity contribution is 14.1. The van der Waals surface area contributed by atoms with Crippen molar-refractivity contribution in [1.29, 1.82) is 0 Å². The molecule has 0 N–H and O–H groups in total. The first-order valence-corrected chi connectivity index (χ1v) is 6.16. The Hall–Kier alpha value is -1.37. The van der Waals surface area contributed by atoms with E-state index in [1.54, 1.807) is 31.6 Å². The van der Waals surface area contributed by atoms with Crippen LogP contribution < -0.4 is 5.69 Å². The van der Waals surface area contributed by atoms with E-state index in [9.17, 15) is 9.59 Å². The summed E-state index contributed by atoms with van der Waals surface area (Å²) in [6.07, 6.45) is 3.26. The number of ketones is 1. The van der Waals surface area contributed by atoms with Gasteiger partial charge in [-0.05, 0) is 34.7 Å². The number of imidazole rings is 1. The number of carbonyl (C=O) groups excluding carboxylic acids is 1. The van der Waals surface area contributed by atoms with Gasteiger partial charge in [0.1, 0.15) is 0 Å². The number of rotatable bonds is 3. The molecule has 17 heavy (non-hydrogen) atoms. The van der Waals surface area contributed by atoms with Gasteiger partial charge >= 0.3 is 5.69 Å². The summed E-state index contributed by atoms with van der Waals surface area (Å²) in [4.78, 5) is 23.5. The molecule has 0 spiro atoms. The number of hydrogen-bond acceptors (Lipinski definition) is 2. The van der Waals surface area contributed by atoms with Crippen LogP contribution in [0.3, 0.4) is 0 Å². The van der Waals surface area contributed by atoms with Crippen molar-refractivity contribution in [3.05, 3.63) is 56.3 Å². The summed E-state index contributed by atoms with van der Waals surface area (Å²) in [5, 5.41) is 0. The van der Waals surface area contributed by atoms with Crippen LogP contribution in [0.5, 0.6) is 0 Å². The summed E-state index contributed by atoms with van der Waals surface area (Å²) < 4.78 is 3.93. The molecule has 0 amide bonds. The Balaban J connectivity index is 2.20. The summed E-state index contributed by atoms with van der Waals surface area (Å²) in [6.45, 7) is 0.0836. The zero-order valence-corrected chi connectivity index (χ0v) is 11.4. The smallest absolute Gasteiger partial charge is 0.302 e. The minimum Gasteiger partial charge on any atom is -0.302 e. The van der Waals surface area contributed by atoms with Crippen molar-refractivity contribution in [3.8, 4) is 0 Å². The second kappa shape index (κ2) is 4.87. The van der Waals surface area contributed by atoms with E-state index in [1.807, 2.05) is 12.1 Å². The molecule has 0 radical (unpaired) electrons. The third-order valence-electron chi connectivity index (χ3n) is 2.50. The SMILES string of the molecule is Cn1ccn(CC(=O)c2ccc(I)cc2)c1=O. The first-order valence-electron chi connectivity index (χ1n) is 5.08. The van der Waals surface area contributed by atoms with Crippen LogP contribution in [0.2, 0.25) is 0 Å². The molecule has 0 saturated heterocycles. The number of nitrogens with zero attached hydrogens (tertiary/aromatic N) is 2. The fraction of sp³-hybridized carbons (Fsp3) is 0.167. The van der Waals surface area contributed by atoms with E-state index in [4.69, 9.17) is 0 Å². The van der Waals surface area contributed by atoms with Crippen molar-refractivity contribution >= 4 is 28.4 Å². The van der Waals surface area contributed by atoms with Crippen LogP contribution in [0.4, 0.5) is 0 Å². The highest BCUT2D eigenvalue weighted by Crippen LogP contribution is 2.08. The van der Waals surface area contributed by atoms with Gasteiger partial charge in [0, 0.05) is 28.6 Å². The predicted molar refractivity (Wildman–Crippen MR) is 73.2 cm³/mol. The number of carbonyl (C=O) groups is 1. The van der Waals surface area contributed by atoms with Crippen LogP contribution in [0.25, 0.3) is 0 Å². The Morgan fingerprint density at radius 3 is 2.41 bits per heavy atom. The maximum absolute atomic E-state index is 11.9.